The van der Waals surface area contributed by atoms with Crippen LogP contribution in [0.4, 0.5) is 5.69 Å². The summed E-state index contributed by atoms with van der Waals surface area (Å²) in [5.41, 5.74) is 0.401. The molecule has 0 aliphatic carbocycles. The van der Waals surface area contributed by atoms with E-state index in [1.807, 2.05) is 6.07 Å². The van der Waals surface area contributed by atoms with Crippen molar-refractivity contribution < 1.29 is 14.4 Å². The quantitative estimate of drug-likeness (QED) is 0.628. The van der Waals surface area contributed by atoms with E-state index in [2.05, 4.69) is 0 Å². The van der Waals surface area contributed by atoms with Gasteiger partial charge in [-0.1, -0.05) is 0 Å². The molecule has 0 unspecified atom stereocenters. The van der Waals surface area contributed by atoms with E-state index in [0.717, 1.165) is 0 Å². The maximum absolute atomic E-state index is 10.5. The Kier molecular flexibility index (Phi) is 3.82. The number of nitro groups is 1. The zero-order valence-corrected chi connectivity index (χ0v) is 10.6. The van der Waals surface area contributed by atoms with E-state index >= 15 is 0 Å². The largest absolute Gasteiger partial charge is 0.495 e. The third-order valence-corrected chi connectivity index (χ3v) is 2.58. The number of hydrogen-bond acceptors (Lipinski definition) is 5. The molecular formula is C14H10N2O4. The minimum Gasteiger partial charge on any atom is -0.495 e. The van der Waals surface area contributed by atoms with Crippen molar-refractivity contribution in [2.75, 3.05) is 7.11 Å². The number of benzene rings is 2. The van der Waals surface area contributed by atoms with Gasteiger partial charge in [0.1, 0.15) is 23.3 Å². The van der Waals surface area contributed by atoms with Crippen molar-refractivity contribution in [3.8, 4) is 23.3 Å². The van der Waals surface area contributed by atoms with Crippen LogP contribution >= 0.6 is 0 Å². The Balaban J connectivity index is 2.22. The maximum Gasteiger partial charge on any atom is 0.269 e. The molecule has 0 N–H and O–H groups in total. The van der Waals surface area contributed by atoms with Gasteiger partial charge in [-0.2, -0.15) is 5.26 Å². The molecule has 100 valence electrons. The van der Waals surface area contributed by atoms with Crippen molar-refractivity contribution in [2.45, 2.75) is 0 Å². The van der Waals surface area contributed by atoms with Crippen LogP contribution in [0.5, 0.6) is 17.2 Å². The molecular weight excluding hydrogens is 260 g/mol. The number of hydrogen-bond donors (Lipinski definition) is 0. The van der Waals surface area contributed by atoms with Gasteiger partial charge in [-0.05, 0) is 24.3 Å². The highest BCUT2D eigenvalue weighted by Gasteiger charge is 2.07. The number of nitro benzene ring substituents is 1. The van der Waals surface area contributed by atoms with Gasteiger partial charge in [-0.15, -0.1) is 0 Å². The first-order chi connectivity index (χ1) is 9.63. The Morgan fingerprint density at radius 1 is 1.15 bits per heavy atom. The van der Waals surface area contributed by atoms with Gasteiger partial charge in [0.15, 0.2) is 0 Å². The van der Waals surface area contributed by atoms with Crippen LogP contribution < -0.4 is 9.47 Å². The number of ether oxygens (including phenoxy) is 2. The molecule has 0 saturated carbocycles. The van der Waals surface area contributed by atoms with Crippen molar-refractivity contribution in [3.05, 3.63) is 58.1 Å². The standard InChI is InChI=1S/C14H10N2O4/c1-19-14-8-13(5-2-10(14)9-15)20-12-6-3-11(4-7-12)16(17)18/h2-8H,1H3. The molecule has 0 bridgehead atoms. The summed E-state index contributed by atoms with van der Waals surface area (Å²) >= 11 is 0. The Morgan fingerprint density at radius 3 is 2.35 bits per heavy atom. The molecule has 0 radical (unpaired) electrons. The second-order valence-electron chi connectivity index (χ2n) is 3.83. The molecule has 6 nitrogen and oxygen atoms in total. The zero-order chi connectivity index (χ0) is 14.5. The predicted octanol–water partition coefficient (Wildman–Crippen LogP) is 3.27. The van der Waals surface area contributed by atoms with Gasteiger partial charge in [0.05, 0.1) is 17.6 Å². The maximum atomic E-state index is 10.5. The summed E-state index contributed by atoms with van der Waals surface area (Å²) in [6, 6.07) is 12.5. The summed E-state index contributed by atoms with van der Waals surface area (Å²) < 4.78 is 10.6. The van der Waals surface area contributed by atoms with E-state index in [0.29, 0.717) is 22.8 Å². The van der Waals surface area contributed by atoms with E-state index < -0.39 is 4.92 Å². The summed E-state index contributed by atoms with van der Waals surface area (Å²) in [5.74, 6) is 1.35. The lowest BCUT2D eigenvalue weighted by Gasteiger charge is -2.08. The molecule has 0 atom stereocenters. The van der Waals surface area contributed by atoms with Gasteiger partial charge in [0.2, 0.25) is 0 Å². The van der Waals surface area contributed by atoms with Crippen molar-refractivity contribution in [1.82, 2.24) is 0 Å². The third kappa shape index (κ3) is 2.84. The third-order valence-electron chi connectivity index (χ3n) is 2.58. The van der Waals surface area contributed by atoms with Gasteiger partial charge in [0.25, 0.3) is 5.69 Å². The number of nitrogens with zero attached hydrogens (tertiary/aromatic N) is 2. The van der Waals surface area contributed by atoms with Crippen molar-refractivity contribution in [1.29, 1.82) is 5.26 Å². The van der Waals surface area contributed by atoms with Crippen molar-refractivity contribution in [3.63, 3.8) is 0 Å². The first-order valence-corrected chi connectivity index (χ1v) is 5.64. The minimum atomic E-state index is -0.478. The molecule has 0 spiro atoms. The van der Waals surface area contributed by atoms with Crippen molar-refractivity contribution >= 4 is 5.69 Å². The number of non-ortho nitro benzene ring substituents is 1. The van der Waals surface area contributed by atoms with Crippen LogP contribution in [0.25, 0.3) is 0 Å². The fourth-order valence-corrected chi connectivity index (χ4v) is 1.60. The predicted molar refractivity (Wildman–Crippen MR) is 70.9 cm³/mol. The first-order valence-electron chi connectivity index (χ1n) is 5.64. The average Bonchev–Trinajstić information content (AvgIpc) is 2.47. The second kappa shape index (κ2) is 5.71. The summed E-state index contributed by atoms with van der Waals surface area (Å²) in [7, 11) is 1.46. The lowest BCUT2D eigenvalue weighted by molar-refractivity contribution is -0.384. The molecule has 0 aliphatic heterocycles. The van der Waals surface area contributed by atoms with Crippen LogP contribution in [0.2, 0.25) is 0 Å². The van der Waals surface area contributed by atoms with Crippen LogP contribution in [0.3, 0.4) is 0 Å². The van der Waals surface area contributed by atoms with Crippen LogP contribution in [0, 0.1) is 21.4 Å². The molecule has 0 fully saturated rings. The number of rotatable bonds is 4. The van der Waals surface area contributed by atoms with Gasteiger partial charge in [-0.3, -0.25) is 10.1 Å². The monoisotopic (exact) mass is 270 g/mol. The average molecular weight is 270 g/mol. The van der Waals surface area contributed by atoms with E-state index in [1.165, 1.54) is 31.4 Å². The highest BCUT2D eigenvalue weighted by atomic mass is 16.6. The molecule has 0 heterocycles. The van der Waals surface area contributed by atoms with Crippen LogP contribution in [-0.2, 0) is 0 Å². The number of methoxy groups -OCH3 is 1. The van der Waals surface area contributed by atoms with E-state index in [1.54, 1.807) is 18.2 Å². The molecule has 0 amide bonds. The summed E-state index contributed by atoms with van der Waals surface area (Å²) in [4.78, 5) is 10.1. The van der Waals surface area contributed by atoms with E-state index in [9.17, 15) is 10.1 Å². The SMILES string of the molecule is COc1cc(Oc2ccc([N+](=O)[O-])cc2)ccc1C#N. The lowest BCUT2D eigenvalue weighted by atomic mass is 10.2. The first kappa shape index (κ1) is 13.4. The molecule has 2 aromatic rings. The highest BCUT2D eigenvalue weighted by Crippen LogP contribution is 2.28. The van der Waals surface area contributed by atoms with E-state index in [4.69, 9.17) is 14.7 Å². The highest BCUT2D eigenvalue weighted by molar-refractivity contribution is 5.48. The topological polar surface area (TPSA) is 85.4 Å². The number of nitriles is 1. The van der Waals surface area contributed by atoms with Crippen LogP contribution in [-0.4, -0.2) is 12.0 Å². The summed E-state index contributed by atoms with van der Waals surface area (Å²) in [6.45, 7) is 0. The van der Waals surface area contributed by atoms with Gasteiger partial charge >= 0.3 is 0 Å². The second-order valence-corrected chi connectivity index (χ2v) is 3.83. The Morgan fingerprint density at radius 2 is 1.80 bits per heavy atom. The summed E-state index contributed by atoms with van der Waals surface area (Å²) in [6.07, 6.45) is 0. The smallest absolute Gasteiger partial charge is 0.269 e. The molecule has 2 rings (SSSR count). The normalized spacial score (nSPS) is 9.60. The van der Waals surface area contributed by atoms with Crippen molar-refractivity contribution in [2.24, 2.45) is 0 Å². The lowest BCUT2D eigenvalue weighted by Crippen LogP contribution is -1.91. The van der Waals surface area contributed by atoms with Gasteiger partial charge in [0, 0.05) is 18.2 Å². The van der Waals surface area contributed by atoms with Crippen LogP contribution in [0.1, 0.15) is 5.56 Å². The van der Waals surface area contributed by atoms with Gasteiger partial charge in [-0.25, -0.2) is 0 Å². The zero-order valence-electron chi connectivity index (χ0n) is 10.6. The Labute approximate surface area is 114 Å². The molecule has 0 saturated heterocycles. The minimum absolute atomic E-state index is 0.00485. The van der Waals surface area contributed by atoms with Crippen LogP contribution in [0.15, 0.2) is 42.5 Å². The Bertz CT molecular complexity index is 675. The van der Waals surface area contributed by atoms with Gasteiger partial charge < -0.3 is 9.47 Å². The molecule has 2 aromatic carbocycles. The molecule has 6 heteroatoms. The summed E-state index contributed by atoms with van der Waals surface area (Å²) in [5, 5.41) is 19.4. The molecule has 0 aliphatic rings. The Hall–Kier alpha value is -3.07. The fourth-order valence-electron chi connectivity index (χ4n) is 1.60. The van der Waals surface area contributed by atoms with E-state index in [-0.39, 0.29) is 5.69 Å². The molecule has 20 heavy (non-hydrogen) atoms. The fraction of sp³-hybridized carbons (Fsp3) is 0.0714. The molecule has 0 aromatic heterocycles.